The zero-order valence-electron chi connectivity index (χ0n) is 16.4. The molecule has 0 heterocycles. The van der Waals surface area contributed by atoms with Crippen LogP contribution in [0.3, 0.4) is 0 Å². The molecule has 0 aliphatic rings. The van der Waals surface area contributed by atoms with Gasteiger partial charge in [-0.1, -0.05) is 0 Å². The average molecular weight is 383 g/mol. The molecule has 1 rings (SSSR count). The molecule has 0 saturated carbocycles. The highest BCUT2D eigenvalue weighted by atomic mass is 16.9. The first-order valence-corrected chi connectivity index (χ1v) is 8.64. The van der Waals surface area contributed by atoms with E-state index in [4.69, 9.17) is 4.74 Å². The van der Waals surface area contributed by atoms with E-state index in [0.717, 1.165) is 0 Å². The molecule has 152 valence electrons. The second-order valence-corrected chi connectivity index (χ2v) is 7.96. The van der Waals surface area contributed by atoms with E-state index in [-0.39, 0.29) is 18.8 Å². The Morgan fingerprint density at radius 1 is 1.22 bits per heavy atom. The monoisotopic (exact) mass is 383 g/mol. The maximum absolute atomic E-state index is 12.2. The predicted molar refractivity (Wildman–Crippen MR) is 101 cm³/mol. The lowest BCUT2D eigenvalue weighted by Gasteiger charge is -2.23. The lowest BCUT2D eigenvalue weighted by molar-refractivity contribution is -0.760. The summed E-state index contributed by atoms with van der Waals surface area (Å²) in [6.07, 6.45) is -0.647. The van der Waals surface area contributed by atoms with E-state index in [1.54, 1.807) is 38.1 Å². The molecule has 0 saturated heterocycles. The summed E-state index contributed by atoms with van der Waals surface area (Å²) in [6, 6.07) is 6.63. The molecule has 0 aliphatic carbocycles. The van der Waals surface area contributed by atoms with Crippen LogP contribution >= 0.6 is 0 Å². The van der Waals surface area contributed by atoms with Crippen LogP contribution in [0.15, 0.2) is 24.3 Å². The largest absolute Gasteiger partial charge is 0.491 e. The summed E-state index contributed by atoms with van der Waals surface area (Å²) >= 11 is 0. The molecular formula is C18H29N3O6. The molecule has 0 bridgehead atoms. The number of aliphatic hydroxyl groups excluding tert-OH is 1. The highest BCUT2D eigenvalue weighted by Gasteiger charge is 2.29. The molecule has 1 aromatic carbocycles. The summed E-state index contributed by atoms with van der Waals surface area (Å²) in [5.41, 5.74) is -0.623. The number of nitrogens with zero attached hydrogens (tertiary/aromatic N) is 1. The van der Waals surface area contributed by atoms with E-state index < -0.39 is 22.5 Å². The minimum atomic E-state index is -1.06. The van der Waals surface area contributed by atoms with Crippen LogP contribution in [-0.2, 0) is 9.63 Å². The topological polar surface area (TPSA) is 123 Å². The fraction of sp³-hybridized carbons (Fsp3) is 0.611. The van der Waals surface area contributed by atoms with Crippen molar-refractivity contribution in [2.75, 3.05) is 25.1 Å². The number of benzene rings is 1. The number of ether oxygens (including phenoxy) is 1. The Morgan fingerprint density at radius 3 is 2.33 bits per heavy atom. The molecule has 1 aromatic rings. The van der Waals surface area contributed by atoms with Gasteiger partial charge in [0.15, 0.2) is 0 Å². The van der Waals surface area contributed by atoms with Crippen LogP contribution < -0.4 is 15.4 Å². The first-order chi connectivity index (χ1) is 12.4. The summed E-state index contributed by atoms with van der Waals surface area (Å²) in [5, 5.41) is 25.1. The van der Waals surface area contributed by atoms with E-state index in [1.165, 1.54) is 0 Å². The number of aliphatic hydroxyl groups is 1. The van der Waals surface area contributed by atoms with Crippen LogP contribution in [0.2, 0.25) is 0 Å². The molecule has 0 aliphatic heterocycles. The average Bonchev–Trinajstić information content (AvgIpc) is 2.57. The van der Waals surface area contributed by atoms with Crippen LogP contribution in [0.25, 0.3) is 0 Å². The number of rotatable bonds is 10. The second kappa shape index (κ2) is 9.52. The van der Waals surface area contributed by atoms with Crippen LogP contribution in [-0.4, -0.2) is 47.5 Å². The van der Waals surface area contributed by atoms with Crippen molar-refractivity contribution in [2.45, 2.75) is 46.3 Å². The minimum Gasteiger partial charge on any atom is -0.491 e. The van der Waals surface area contributed by atoms with Crippen molar-refractivity contribution in [3.05, 3.63) is 34.4 Å². The molecule has 3 N–H and O–H groups in total. The van der Waals surface area contributed by atoms with Gasteiger partial charge in [0.05, 0.1) is 5.41 Å². The third kappa shape index (κ3) is 9.20. The van der Waals surface area contributed by atoms with Crippen LogP contribution in [0.4, 0.5) is 5.69 Å². The van der Waals surface area contributed by atoms with Crippen molar-refractivity contribution in [2.24, 2.45) is 5.41 Å². The number of nitrogens with one attached hydrogen (secondary N) is 2. The van der Waals surface area contributed by atoms with Crippen molar-refractivity contribution in [1.82, 2.24) is 5.32 Å². The van der Waals surface area contributed by atoms with Gasteiger partial charge in [-0.3, -0.25) is 4.79 Å². The van der Waals surface area contributed by atoms with Crippen LogP contribution in [0.5, 0.6) is 5.75 Å². The first-order valence-electron chi connectivity index (χ1n) is 8.64. The van der Waals surface area contributed by atoms with Gasteiger partial charge in [0, 0.05) is 17.8 Å². The molecule has 0 spiro atoms. The SMILES string of the molecule is CC(C)(C)NCC(O)COc1ccc(NC(=O)C(C)(C)CO[N+](=O)[O-])cc1. The van der Waals surface area contributed by atoms with Crippen molar-refractivity contribution in [1.29, 1.82) is 0 Å². The quantitative estimate of drug-likeness (QED) is 0.417. The van der Waals surface area contributed by atoms with Gasteiger partial charge in [0.1, 0.15) is 25.1 Å². The lowest BCUT2D eigenvalue weighted by atomic mass is 9.93. The molecular weight excluding hydrogens is 354 g/mol. The molecule has 9 heteroatoms. The van der Waals surface area contributed by atoms with Crippen molar-refractivity contribution < 1.29 is 24.6 Å². The molecule has 0 aromatic heterocycles. The number of hydrogen-bond donors (Lipinski definition) is 3. The van der Waals surface area contributed by atoms with E-state index in [0.29, 0.717) is 18.0 Å². The van der Waals surface area contributed by atoms with Gasteiger partial charge in [-0.05, 0) is 58.9 Å². The number of β-amino-alcohol motifs (C(OH)–C–C–N with tert-alkyl or cyclic N) is 1. The fourth-order valence-corrected chi connectivity index (χ4v) is 1.89. The third-order valence-corrected chi connectivity index (χ3v) is 3.57. The maximum atomic E-state index is 12.2. The van der Waals surface area contributed by atoms with Gasteiger partial charge < -0.3 is 25.3 Å². The summed E-state index contributed by atoms with van der Waals surface area (Å²) in [5.74, 6) is 0.153. The number of amides is 1. The number of anilines is 1. The highest BCUT2D eigenvalue weighted by molar-refractivity contribution is 5.94. The third-order valence-electron chi connectivity index (χ3n) is 3.57. The zero-order chi connectivity index (χ0) is 20.7. The van der Waals surface area contributed by atoms with Gasteiger partial charge in [-0.15, -0.1) is 10.1 Å². The standard InChI is InChI=1S/C18H29N3O6/c1-17(2,3)19-10-14(22)11-26-15-8-6-13(7-9-15)20-16(23)18(4,5)12-27-21(24)25/h6-9,14,19,22H,10-12H2,1-5H3,(H,20,23). The summed E-state index contributed by atoms with van der Waals surface area (Å²) in [4.78, 5) is 26.8. The van der Waals surface area contributed by atoms with E-state index in [2.05, 4.69) is 15.5 Å². The summed E-state index contributed by atoms with van der Waals surface area (Å²) in [6.45, 7) is 9.36. The summed E-state index contributed by atoms with van der Waals surface area (Å²) < 4.78 is 5.53. The molecule has 27 heavy (non-hydrogen) atoms. The van der Waals surface area contributed by atoms with E-state index >= 15 is 0 Å². The summed E-state index contributed by atoms with van der Waals surface area (Å²) in [7, 11) is 0. The molecule has 9 nitrogen and oxygen atoms in total. The smallest absolute Gasteiger partial charge is 0.294 e. The minimum absolute atomic E-state index is 0.0840. The molecule has 1 atom stereocenters. The molecule has 0 radical (unpaired) electrons. The van der Waals surface area contributed by atoms with E-state index in [1.807, 2.05) is 20.8 Å². The Bertz CT molecular complexity index is 625. The normalized spacial score (nSPS) is 13.0. The maximum Gasteiger partial charge on any atom is 0.294 e. The number of hydrogen-bond acceptors (Lipinski definition) is 7. The molecule has 1 amide bonds. The second-order valence-electron chi connectivity index (χ2n) is 7.96. The first kappa shape index (κ1) is 22.7. The van der Waals surface area contributed by atoms with Crippen molar-refractivity contribution in [3.63, 3.8) is 0 Å². The Hall–Kier alpha value is -2.39. The Balaban J connectivity index is 2.49. The van der Waals surface area contributed by atoms with Crippen LogP contribution in [0.1, 0.15) is 34.6 Å². The Labute approximate surface area is 159 Å². The number of carbonyl (C=O) groups is 1. The van der Waals surface area contributed by atoms with Crippen molar-refractivity contribution >= 4 is 11.6 Å². The van der Waals surface area contributed by atoms with Gasteiger partial charge in [0.25, 0.3) is 5.09 Å². The Kier molecular flexibility index (Phi) is 7.98. The van der Waals surface area contributed by atoms with Crippen LogP contribution in [0, 0.1) is 15.5 Å². The van der Waals surface area contributed by atoms with Gasteiger partial charge in [0.2, 0.25) is 5.91 Å². The Morgan fingerprint density at radius 2 is 1.81 bits per heavy atom. The lowest BCUT2D eigenvalue weighted by Crippen LogP contribution is -2.42. The highest BCUT2D eigenvalue weighted by Crippen LogP contribution is 2.21. The number of carbonyl (C=O) groups excluding carboxylic acids is 1. The van der Waals surface area contributed by atoms with Gasteiger partial charge in [-0.2, -0.15) is 0 Å². The van der Waals surface area contributed by atoms with Gasteiger partial charge >= 0.3 is 0 Å². The molecule has 1 unspecified atom stereocenters. The van der Waals surface area contributed by atoms with Crippen molar-refractivity contribution in [3.8, 4) is 5.75 Å². The predicted octanol–water partition coefficient (Wildman–Crippen LogP) is 1.99. The fourth-order valence-electron chi connectivity index (χ4n) is 1.89. The zero-order valence-corrected chi connectivity index (χ0v) is 16.4. The van der Waals surface area contributed by atoms with Gasteiger partial charge in [-0.25, -0.2) is 0 Å². The van der Waals surface area contributed by atoms with E-state index in [9.17, 15) is 20.0 Å². The molecule has 0 fully saturated rings.